The van der Waals surface area contributed by atoms with Gasteiger partial charge < -0.3 is 10.6 Å². The zero-order chi connectivity index (χ0) is 18.2. The van der Waals surface area contributed by atoms with Crippen molar-refractivity contribution in [2.24, 2.45) is 11.8 Å². The van der Waals surface area contributed by atoms with Gasteiger partial charge in [0.1, 0.15) is 0 Å². The molecule has 3 rings (SSSR count). The molecule has 0 aliphatic carbocycles. The lowest BCUT2D eigenvalue weighted by molar-refractivity contribution is -0.122. The van der Waals surface area contributed by atoms with E-state index < -0.39 is 0 Å². The second kappa shape index (κ2) is 10.1. The lowest BCUT2D eigenvalue weighted by Crippen LogP contribution is -2.46. The summed E-state index contributed by atoms with van der Waals surface area (Å²) in [6.07, 6.45) is 6.90. The van der Waals surface area contributed by atoms with Crippen LogP contribution < -0.4 is 10.6 Å². The molecule has 2 heterocycles. The minimum atomic E-state index is 0.230. The maximum absolute atomic E-state index is 12.5. The van der Waals surface area contributed by atoms with Crippen molar-refractivity contribution in [1.82, 2.24) is 15.5 Å². The third-order valence-corrected chi connectivity index (χ3v) is 6.16. The van der Waals surface area contributed by atoms with Crippen molar-refractivity contribution in [3.05, 3.63) is 35.9 Å². The molecular weight excluding hydrogens is 322 g/mol. The number of likely N-dealkylation sites (tertiary alicyclic amines) is 1. The topological polar surface area (TPSA) is 44.4 Å². The Balaban J connectivity index is 1.44. The second-order valence-electron chi connectivity index (χ2n) is 8.20. The van der Waals surface area contributed by atoms with E-state index in [-0.39, 0.29) is 5.91 Å². The maximum Gasteiger partial charge on any atom is 0.220 e. The molecule has 1 aromatic rings. The number of piperidine rings is 2. The largest absolute Gasteiger partial charge is 0.355 e. The number of hydrogen-bond acceptors (Lipinski definition) is 3. The maximum atomic E-state index is 12.5. The van der Waals surface area contributed by atoms with Crippen molar-refractivity contribution in [2.45, 2.75) is 58.0 Å². The molecule has 2 aliphatic heterocycles. The number of amides is 1. The van der Waals surface area contributed by atoms with E-state index in [4.69, 9.17) is 0 Å². The minimum absolute atomic E-state index is 0.230. The molecule has 0 aromatic heterocycles. The Bertz CT molecular complexity index is 542. The number of carbonyl (C=O) groups is 1. The highest BCUT2D eigenvalue weighted by atomic mass is 16.1. The van der Waals surface area contributed by atoms with E-state index in [2.05, 4.69) is 52.8 Å². The van der Waals surface area contributed by atoms with E-state index in [0.29, 0.717) is 24.3 Å². The van der Waals surface area contributed by atoms with Crippen molar-refractivity contribution in [3.8, 4) is 0 Å². The molecule has 2 fully saturated rings. The second-order valence-corrected chi connectivity index (χ2v) is 8.20. The Morgan fingerprint density at radius 3 is 2.85 bits per heavy atom. The number of nitrogens with one attached hydrogen (secondary N) is 2. The van der Waals surface area contributed by atoms with Gasteiger partial charge >= 0.3 is 0 Å². The van der Waals surface area contributed by atoms with Crippen LogP contribution in [0, 0.1) is 11.8 Å². The van der Waals surface area contributed by atoms with E-state index in [1.165, 1.54) is 37.7 Å². The highest BCUT2D eigenvalue weighted by molar-refractivity contribution is 5.76. The molecule has 2 N–H and O–H groups in total. The molecule has 0 radical (unpaired) electrons. The standard InChI is InChI=1S/C22H35N3O/c1-18(20-10-7-12-23-15-20)14-22(26)24-16-21-11-5-6-13-25(21)17-19-8-3-2-4-9-19/h2-4,8-9,18,20-21,23H,5-7,10-17H2,1H3,(H,24,26). The van der Waals surface area contributed by atoms with Gasteiger partial charge in [-0.05, 0) is 62.7 Å². The van der Waals surface area contributed by atoms with Gasteiger partial charge in [0.25, 0.3) is 0 Å². The number of carbonyl (C=O) groups excluding carboxylic acids is 1. The van der Waals surface area contributed by atoms with E-state index >= 15 is 0 Å². The van der Waals surface area contributed by atoms with Crippen LogP contribution in [0.5, 0.6) is 0 Å². The van der Waals surface area contributed by atoms with Gasteiger partial charge in [0.2, 0.25) is 5.91 Å². The lowest BCUT2D eigenvalue weighted by atomic mass is 9.85. The average Bonchev–Trinajstić information content (AvgIpc) is 2.69. The van der Waals surface area contributed by atoms with E-state index in [0.717, 1.165) is 32.7 Å². The van der Waals surface area contributed by atoms with Gasteiger partial charge in [-0.25, -0.2) is 0 Å². The van der Waals surface area contributed by atoms with Gasteiger partial charge in [-0.3, -0.25) is 9.69 Å². The first-order chi connectivity index (χ1) is 12.7. The molecule has 2 aliphatic rings. The molecule has 2 saturated heterocycles. The van der Waals surface area contributed by atoms with Crippen LogP contribution in [0.3, 0.4) is 0 Å². The molecule has 0 spiro atoms. The third kappa shape index (κ3) is 5.82. The zero-order valence-corrected chi connectivity index (χ0v) is 16.3. The normalized spacial score (nSPS) is 25.6. The van der Waals surface area contributed by atoms with Crippen LogP contribution in [-0.2, 0) is 11.3 Å². The Morgan fingerprint density at radius 1 is 1.23 bits per heavy atom. The summed E-state index contributed by atoms with van der Waals surface area (Å²) in [7, 11) is 0. The van der Waals surface area contributed by atoms with Crippen LogP contribution in [-0.4, -0.2) is 43.0 Å². The summed E-state index contributed by atoms with van der Waals surface area (Å²) in [6.45, 7) is 7.36. The van der Waals surface area contributed by atoms with Gasteiger partial charge in [-0.2, -0.15) is 0 Å². The van der Waals surface area contributed by atoms with Crippen LogP contribution in [0.15, 0.2) is 30.3 Å². The Kier molecular flexibility index (Phi) is 7.51. The van der Waals surface area contributed by atoms with Gasteiger partial charge in [0.15, 0.2) is 0 Å². The lowest BCUT2D eigenvalue weighted by Gasteiger charge is -2.36. The Labute approximate surface area is 158 Å². The van der Waals surface area contributed by atoms with Gasteiger partial charge in [0.05, 0.1) is 0 Å². The minimum Gasteiger partial charge on any atom is -0.355 e. The first-order valence-corrected chi connectivity index (χ1v) is 10.5. The molecule has 1 amide bonds. The predicted molar refractivity (Wildman–Crippen MR) is 107 cm³/mol. The van der Waals surface area contributed by atoms with E-state index in [1.54, 1.807) is 0 Å². The molecule has 1 aromatic carbocycles. The fraction of sp³-hybridized carbons (Fsp3) is 0.682. The molecule has 4 heteroatoms. The van der Waals surface area contributed by atoms with E-state index in [9.17, 15) is 4.79 Å². The summed E-state index contributed by atoms with van der Waals surface area (Å²) in [5.41, 5.74) is 1.36. The van der Waals surface area contributed by atoms with Crippen LogP contribution in [0.2, 0.25) is 0 Å². The molecule has 4 nitrogen and oxygen atoms in total. The van der Waals surface area contributed by atoms with Crippen molar-refractivity contribution in [1.29, 1.82) is 0 Å². The molecule has 3 atom stereocenters. The quantitative estimate of drug-likeness (QED) is 0.788. The number of nitrogens with zero attached hydrogens (tertiary/aromatic N) is 1. The fourth-order valence-electron chi connectivity index (χ4n) is 4.44. The molecule has 0 saturated carbocycles. The van der Waals surface area contributed by atoms with Crippen LogP contribution in [0.25, 0.3) is 0 Å². The summed E-state index contributed by atoms with van der Waals surface area (Å²) in [5.74, 6) is 1.35. The number of rotatable bonds is 7. The predicted octanol–water partition coefficient (Wildman–Crippen LogP) is 3.18. The fourth-order valence-corrected chi connectivity index (χ4v) is 4.44. The highest BCUT2D eigenvalue weighted by Gasteiger charge is 2.25. The van der Waals surface area contributed by atoms with Crippen molar-refractivity contribution in [3.63, 3.8) is 0 Å². The molecular formula is C22H35N3O. The summed E-state index contributed by atoms with van der Waals surface area (Å²) in [5, 5.41) is 6.70. The third-order valence-electron chi connectivity index (χ3n) is 6.16. The van der Waals surface area contributed by atoms with Gasteiger partial charge in [-0.15, -0.1) is 0 Å². The molecule has 0 bridgehead atoms. The summed E-state index contributed by atoms with van der Waals surface area (Å²) < 4.78 is 0. The monoisotopic (exact) mass is 357 g/mol. The summed E-state index contributed by atoms with van der Waals surface area (Å²) >= 11 is 0. The van der Waals surface area contributed by atoms with Crippen molar-refractivity contribution in [2.75, 3.05) is 26.2 Å². The van der Waals surface area contributed by atoms with Crippen LogP contribution in [0.4, 0.5) is 0 Å². The smallest absolute Gasteiger partial charge is 0.220 e. The Morgan fingerprint density at radius 2 is 2.08 bits per heavy atom. The summed E-state index contributed by atoms with van der Waals surface area (Å²) in [6, 6.07) is 11.2. The van der Waals surface area contributed by atoms with Gasteiger partial charge in [-0.1, -0.05) is 43.7 Å². The van der Waals surface area contributed by atoms with Crippen molar-refractivity contribution >= 4 is 5.91 Å². The Hall–Kier alpha value is -1.39. The average molecular weight is 358 g/mol. The van der Waals surface area contributed by atoms with Gasteiger partial charge in [0, 0.05) is 25.6 Å². The first-order valence-electron chi connectivity index (χ1n) is 10.5. The molecule has 144 valence electrons. The van der Waals surface area contributed by atoms with Crippen LogP contribution in [0.1, 0.15) is 51.0 Å². The SMILES string of the molecule is CC(CC(=O)NCC1CCCCN1Cc1ccccc1)C1CCCNC1. The van der Waals surface area contributed by atoms with E-state index in [1.807, 2.05) is 0 Å². The zero-order valence-electron chi connectivity index (χ0n) is 16.3. The van der Waals surface area contributed by atoms with Crippen molar-refractivity contribution < 1.29 is 4.79 Å². The number of benzene rings is 1. The number of hydrogen-bond donors (Lipinski definition) is 2. The van der Waals surface area contributed by atoms with Crippen LogP contribution >= 0.6 is 0 Å². The highest BCUT2D eigenvalue weighted by Crippen LogP contribution is 2.23. The first kappa shape index (κ1) is 19.4. The molecule has 3 unspecified atom stereocenters. The molecule has 26 heavy (non-hydrogen) atoms. The summed E-state index contributed by atoms with van der Waals surface area (Å²) in [4.78, 5) is 15.0.